The van der Waals surface area contributed by atoms with Gasteiger partial charge in [0.05, 0.1) is 4.88 Å². The summed E-state index contributed by atoms with van der Waals surface area (Å²) in [5.74, 6) is -0.181. The molecule has 8 heteroatoms. The van der Waals surface area contributed by atoms with E-state index in [9.17, 15) is 14.4 Å². The SMILES string of the molecule is CCCCn1c(N)c(N(CC)C(=O)c2cc3c(s2)CCCCCC3)c(=O)[nH]c1=O. The van der Waals surface area contributed by atoms with Crippen molar-refractivity contribution in [2.45, 2.75) is 71.8 Å². The van der Waals surface area contributed by atoms with Gasteiger partial charge in [-0.05, 0) is 50.7 Å². The maximum atomic E-state index is 13.3. The van der Waals surface area contributed by atoms with Gasteiger partial charge in [-0.2, -0.15) is 0 Å². The Morgan fingerprint density at radius 2 is 1.93 bits per heavy atom. The Kier molecular flexibility index (Phi) is 6.95. The van der Waals surface area contributed by atoms with E-state index >= 15 is 0 Å². The Labute approximate surface area is 174 Å². The van der Waals surface area contributed by atoms with E-state index in [2.05, 4.69) is 4.98 Å². The molecule has 0 radical (unpaired) electrons. The van der Waals surface area contributed by atoms with Crippen molar-refractivity contribution in [1.82, 2.24) is 9.55 Å². The van der Waals surface area contributed by atoms with Crippen LogP contribution in [-0.4, -0.2) is 22.0 Å². The van der Waals surface area contributed by atoms with Crippen LogP contribution in [0.1, 0.15) is 72.5 Å². The molecular formula is C21H30N4O3S. The summed E-state index contributed by atoms with van der Waals surface area (Å²) in [7, 11) is 0. The number of aromatic nitrogens is 2. The molecule has 0 spiro atoms. The third-order valence-electron chi connectivity index (χ3n) is 5.49. The topological polar surface area (TPSA) is 101 Å². The van der Waals surface area contributed by atoms with E-state index in [0.29, 0.717) is 18.0 Å². The molecule has 7 nitrogen and oxygen atoms in total. The Hall–Kier alpha value is -2.35. The number of aromatic amines is 1. The number of nitrogen functional groups attached to an aromatic ring is 1. The second-order valence-electron chi connectivity index (χ2n) is 7.52. The summed E-state index contributed by atoms with van der Waals surface area (Å²) in [6.07, 6.45) is 8.39. The third-order valence-corrected chi connectivity index (χ3v) is 6.71. The molecule has 1 aliphatic carbocycles. The van der Waals surface area contributed by atoms with Crippen molar-refractivity contribution in [3.05, 3.63) is 42.2 Å². The van der Waals surface area contributed by atoms with Gasteiger partial charge < -0.3 is 10.6 Å². The molecule has 3 N–H and O–H groups in total. The number of nitrogens with two attached hydrogens (primary N) is 1. The zero-order valence-electron chi connectivity index (χ0n) is 17.3. The van der Waals surface area contributed by atoms with Gasteiger partial charge in [0.1, 0.15) is 5.82 Å². The zero-order chi connectivity index (χ0) is 21.0. The van der Waals surface area contributed by atoms with E-state index < -0.39 is 11.2 Å². The molecule has 1 aliphatic rings. The molecule has 2 heterocycles. The predicted molar refractivity (Wildman–Crippen MR) is 118 cm³/mol. The number of nitrogens with zero attached hydrogens (tertiary/aromatic N) is 2. The minimum absolute atomic E-state index is 0.0531. The number of amides is 1. The number of carbonyl (C=O) groups is 1. The van der Waals surface area contributed by atoms with Gasteiger partial charge in [-0.3, -0.25) is 19.1 Å². The van der Waals surface area contributed by atoms with Crippen LogP contribution in [0.4, 0.5) is 11.5 Å². The van der Waals surface area contributed by atoms with Crippen molar-refractivity contribution in [1.29, 1.82) is 0 Å². The number of carbonyl (C=O) groups excluding carboxylic acids is 1. The fraction of sp³-hybridized carbons (Fsp3) is 0.571. The van der Waals surface area contributed by atoms with Crippen LogP contribution in [0.15, 0.2) is 15.7 Å². The molecule has 3 rings (SSSR count). The first-order valence-corrected chi connectivity index (χ1v) is 11.4. The van der Waals surface area contributed by atoms with Crippen LogP contribution in [0.5, 0.6) is 0 Å². The number of rotatable bonds is 6. The second kappa shape index (κ2) is 9.43. The van der Waals surface area contributed by atoms with E-state index in [1.165, 1.54) is 44.1 Å². The fourth-order valence-corrected chi connectivity index (χ4v) is 5.06. The zero-order valence-corrected chi connectivity index (χ0v) is 18.1. The van der Waals surface area contributed by atoms with Crippen molar-refractivity contribution in [3.63, 3.8) is 0 Å². The molecule has 0 aromatic carbocycles. The van der Waals surface area contributed by atoms with Gasteiger partial charge in [-0.15, -0.1) is 11.3 Å². The summed E-state index contributed by atoms with van der Waals surface area (Å²) in [6.45, 7) is 4.52. The molecule has 0 aliphatic heterocycles. The van der Waals surface area contributed by atoms with Crippen molar-refractivity contribution in [2.75, 3.05) is 17.2 Å². The third kappa shape index (κ3) is 4.47. The van der Waals surface area contributed by atoms with Crippen LogP contribution in [0.25, 0.3) is 0 Å². The Balaban J connectivity index is 1.99. The first-order chi connectivity index (χ1) is 14.0. The highest BCUT2D eigenvalue weighted by Gasteiger charge is 2.26. The molecule has 2 aromatic rings. The molecule has 29 heavy (non-hydrogen) atoms. The highest BCUT2D eigenvalue weighted by atomic mass is 32.1. The largest absolute Gasteiger partial charge is 0.383 e. The minimum Gasteiger partial charge on any atom is -0.383 e. The quantitative estimate of drug-likeness (QED) is 0.751. The van der Waals surface area contributed by atoms with E-state index in [1.807, 2.05) is 19.9 Å². The standard InChI is InChI=1S/C21H30N4O3S/c1-3-5-12-25-18(22)17(19(26)23-21(25)28)24(4-2)20(27)16-13-14-10-8-6-7-9-11-15(14)29-16/h13H,3-12,22H2,1-2H3,(H,23,26,28). The van der Waals surface area contributed by atoms with Gasteiger partial charge in [0.25, 0.3) is 11.5 Å². The maximum Gasteiger partial charge on any atom is 0.330 e. The summed E-state index contributed by atoms with van der Waals surface area (Å²) in [6, 6.07) is 1.98. The van der Waals surface area contributed by atoms with Gasteiger partial charge in [0.15, 0.2) is 5.69 Å². The lowest BCUT2D eigenvalue weighted by molar-refractivity contribution is 0.0991. The van der Waals surface area contributed by atoms with E-state index in [0.717, 1.165) is 38.5 Å². The monoisotopic (exact) mass is 418 g/mol. The number of H-pyrrole nitrogens is 1. The molecule has 158 valence electrons. The van der Waals surface area contributed by atoms with Crippen LogP contribution in [0.2, 0.25) is 0 Å². The lowest BCUT2D eigenvalue weighted by Crippen LogP contribution is -2.41. The van der Waals surface area contributed by atoms with Crippen LogP contribution in [0.3, 0.4) is 0 Å². The van der Waals surface area contributed by atoms with Crippen LogP contribution >= 0.6 is 11.3 Å². The van der Waals surface area contributed by atoms with Crippen molar-refractivity contribution >= 4 is 28.7 Å². The van der Waals surface area contributed by atoms with Gasteiger partial charge in [0.2, 0.25) is 0 Å². The van der Waals surface area contributed by atoms with E-state index in [4.69, 9.17) is 5.73 Å². The van der Waals surface area contributed by atoms with Crippen molar-refractivity contribution < 1.29 is 4.79 Å². The number of unbranched alkanes of at least 4 members (excludes halogenated alkanes) is 1. The lowest BCUT2D eigenvalue weighted by atomic mass is 10.00. The van der Waals surface area contributed by atoms with Gasteiger partial charge >= 0.3 is 5.69 Å². The number of thiophene rings is 1. The van der Waals surface area contributed by atoms with Crippen LogP contribution in [0, 0.1) is 0 Å². The normalized spacial score (nSPS) is 14.1. The molecule has 0 bridgehead atoms. The molecule has 2 aromatic heterocycles. The number of aryl methyl sites for hydroxylation is 2. The lowest BCUT2D eigenvalue weighted by Gasteiger charge is -2.22. The van der Waals surface area contributed by atoms with Gasteiger partial charge in [0, 0.05) is 18.0 Å². The summed E-state index contributed by atoms with van der Waals surface area (Å²) in [5.41, 5.74) is 6.37. The van der Waals surface area contributed by atoms with Crippen molar-refractivity contribution in [3.8, 4) is 0 Å². The molecule has 1 amide bonds. The first kappa shape index (κ1) is 21.4. The second-order valence-corrected chi connectivity index (χ2v) is 8.66. The minimum atomic E-state index is -0.620. The number of anilines is 2. The average molecular weight is 419 g/mol. The number of hydrogen-bond donors (Lipinski definition) is 2. The smallest absolute Gasteiger partial charge is 0.330 e. The van der Waals surface area contributed by atoms with Crippen LogP contribution in [-0.2, 0) is 19.4 Å². The summed E-state index contributed by atoms with van der Waals surface area (Å²) < 4.78 is 1.35. The van der Waals surface area contributed by atoms with Crippen molar-refractivity contribution in [2.24, 2.45) is 0 Å². The summed E-state index contributed by atoms with van der Waals surface area (Å²) in [4.78, 5) is 43.7. The van der Waals surface area contributed by atoms with Crippen LogP contribution < -0.4 is 21.9 Å². The molecule has 0 atom stereocenters. The summed E-state index contributed by atoms with van der Waals surface area (Å²) >= 11 is 1.52. The molecule has 0 fully saturated rings. The molecule has 0 saturated carbocycles. The summed E-state index contributed by atoms with van der Waals surface area (Å²) in [5, 5.41) is 0. The number of hydrogen-bond acceptors (Lipinski definition) is 5. The Bertz CT molecular complexity index is 963. The van der Waals surface area contributed by atoms with Gasteiger partial charge in [-0.25, -0.2) is 4.79 Å². The Morgan fingerprint density at radius 1 is 1.21 bits per heavy atom. The molecule has 0 unspecified atom stereocenters. The Morgan fingerprint density at radius 3 is 2.62 bits per heavy atom. The predicted octanol–water partition coefficient (Wildman–Crippen LogP) is 3.31. The van der Waals surface area contributed by atoms with Gasteiger partial charge in [-0.1, -0.05) is 26.2 Å². The number of nitrogens with one attached hydrogen (secondary N) is 1. The van der Waals surface area contributed by atoms with E-state index in [-0.39, 0.29) is 17.4 Å². The fourth-order valence-electron chi connectivity index (χ4n) is 3.86. The maximum absolute atomic E-state index is 13.3. The average Bonchev–Trinajstić information content (AvgIpc) is 3.06. The number of fused-ring (bicyclic) bond motifs is 1. The molecular weight excluding hydrogens is 388 g/mol. The highest BCUT2D eigenvalue weighted by Crippen LogP contribution is 2.30. The van der Waals surface area contributed by atoms with E-state index in [1.54, 1.807) is 0 Å². The molecule has 0 saturated heterocycles. The highest BCUT2D eigenvalue weighted by molar-refractivity contribution is 7.14. The first-order valence-electron chi connectivity index (χ1n) is 10.5.